The van der Waals surface area contributed by atoms with Crippen LogP contribution in [0.5, 0.6) is 0 Å². The van der Waals surface area contributed by atoms with Crippen LogP contribution in [0.2, 0.25) is 0 Å². The van der Waals surface area contributed by atoms with Gasteiger partial charge in [-0.25, -0.2) is 0 Å². The Bertz CT molecular complexity index is 1600. The Balaban J connectivity index is 1.67. The third-order valence-corrected chi connectivity index (χ3v) is 13.7. The Morgan fingerprint density at radius 3 is 1.00 bits per heavy atom. The van der Waals surface area contributed by atoms with E-state index in [2.05, 4.69) is 130 Å². The molecule has 4 heteroatoms. The van der Waals surface area contributed by atoms with Crippen LogP contribution in [0.4, 0.5) is 0 Å². The normalized spacial score (nSPS) is 11.3. The van der Waals surface area contributed by atoms with Gasteiger partial charge in [0.05, 0.1) is 0 Å². The number of nitrogens with zero attached hydrogens (tertiary/aromatic N) is 3. The van der Waals surface area contributed by atoms with Crippen molar-refractivity contribution in [2.45, 2.75) is 20.8 Å². The minimum absolute atomic E-state index is 1.01. The van der Waals surface area contributed by atoms with E-state index in [1.807, 2.05) is 18.6 Å². The molecule has 40 heavy (non-hydrogen) atoms. The molecule has 0 amide bonds. The number of aromatic nitrogens is 3. The van der Waals surface area contributed by atoms with Crippen molar-refractivity contribution in [1.82, 2.24) is 15.0 Å². The molecule has 6 aromatic rings. The molecule has 3 aromatic carbocycles. The van der Waals surface area contributed by atoms with E-state index in [-0.39, 0.29) is 0 Å². The molecule has 0 aliphatic heterocycles. The Labute approximate surface area is 241 Å². The Morgan fingerprint density at radius 1 is 0.400 bits per heavy atom. The van der Waals surface area contributed by atoms with Gasteiger partial charge in [-0.2, -0.15) is 0 Å². The van der Waals surface area contributed by atoms with E-state index >= 15 is 0 Å². The summed E-state index contributed by atoms with van der Waals surface area (Å²) in [5.41, 5.74) is 10.2. The third kappa shape index (κ3) is 5.29. The van der Waals surface area contributed by atoms with Crippen molar-refractivity contribution in [1.29, 1.82) is 0 Å². The van der Waals surface area contributed by atoms with E-state index in [1.165, 1.54) is 45.6 Å². The number of pyridine rings is 3. The maximum absolute atomic E-state index is 4.83. The van der Waals surface area contributed by atoms with Crippen LogP contribution >= 0.6 is 0 Å². The van der Waals surface area contributed by atoms with E-state index in [1.54, 1.807) is 0 Å². The van der Waals surface area contributed by atoms with Crippen molar-refractivity contribution in [2.24, 2.45) is 0 Å². The first-order valence-electron chi connectivity index (χ1n) is 13.3. The molecule has 3 heterocycles. The SMILES string of the molecule is Cc1ccnc(-c2cccc[c]2[Ir]([c]2ccccc2-c2cc(C)ccn2)[c]2ccccc2-c2cc(C)ccn2)c1. The average Bonchev–Trinajstić information content (AvgIpc) is 2.98. The average molecular weight is 697 g/mol. The molecular formula is C36H30IrN3. The molecule has 0 spiro atoms. The molecule has 0 aliphatic carbocycles. The molecule has 0 saturated carbocycles. The third-order valence-electron chi connectivity index (χ3n) is 6.68. The topological polar surface area (TPSA) is 38.7 Å². The molecule has 198 valence electrons. The van der Waals surface area contributed by atoms with Crippen LogP contribution in [0.1, 0.15) is 16.7 Å². The van der Waals surface area contributed by atoms with Gasteiger partial charge < -0.3 is 0 Å². The number of rotatable bonds is 6. The summed E-state index contributed by atoms with van der Waals surface area (Å²) in [5.74, 6) is 0. The fraction of sp³-hybridized carbons (Fsp3) is 0.0833. The second-order valence-corrected chi connectivity index (χ2v) is 15.4. The Morgan fingerprint density at radius 2 is 0.700 bits per heavy atom. The van der Waals surface area contributed by atoms with E-state index in [9.17, 15) is 0 Å². The van der Waals surface area contributed by atoms with E-state index in [0.29, 0.717) is 0 Å². The molecule has 0 saturated heterocycles. The summed E-state index contributed by atoms with van der Waals surface area (Å²) in [6, 6.07) is 39.3. The molecule has 0 atom stereocenters. The van der Waals surface area contributed by atoms with Crippen molar-refractivity contribution >= 4 is 12.2 Å². The summed E-state index contributed by atoms with van der Waals surface area (Å²) >= 11 is -2.51. The van der Waals surface area contributed by atoms with Crippen LogP contribution in [-0.4, -0.2) is 15.0 Å². The number of benzene rings is 3. The van der Waals surface area contributed by atoms with Gasteiger partial charge in [0, 0.05) is 0 Å². The predicted octanol–water partition coefficient (Wildman–Crippen LogP) is 6.69. The molecule has 6 rings (SSSR count). The first-order chi connectivity index (χ1) is 19.6. The van der Waals surface area contributed by atoms with Crippen molar-refractivity contribution in [3.05, 3.63) is 144 Å². The second-order valence-electron chi connectivity index (χ2n) is 9.77. The van der Waals surface area contributed by atoms with Gasteiger partial charge in [0.1, 0.15) is 0 Å². The van der Waals surface area contributed by atoms with Crippen molar-refractivity contribution in [3.8, 4) is 33.8 Å². The van der Waals surface area contributed by atoms with Crippen LogP contribution in [-0.2, 0) is 16.5 Å². The Kier molecular flexibility index (Phi) is 7.46. The number of hydrogen-bond acceptors (Lipinski definition) is 3. The van der Waals surface area contributed by atoms with Gasteiger partial charge in [-0.1, -0.05) is 0 Å². The van der Waals surface area contributed by atoms with Crippen LogP contribution in [0, 0.1) is 20.8 Å². The predicted molar refractivity (Wildman–Crippen MR) is 162 cm³/mol. The van der Waals surface area contributed by atoms with E-state index in [0.717, 1.165) is 17.1 Å². The van der Waals surface area contributed by atoms with Crippen molar-refractivity contribution in [3.63, 3.8) is 0 Å². The van der Waals surface area contributed by atoms with E-state index in [4.69, 9.17) is 15.0 Å². The number of hydrogen-bond donors (Lipinski definition) is 0. The molecule has 0 radical (unpaired) electrons. The molecule has 0 fully saturated rings. The van der Waals surface area contributed by atoms with Gasteiger partial charge in [-0.3, -0.25) is 0 Å². The van der Waals surface area contributed by atoms with Crippen LogP contribution in [0.15, 0.2) is 128 Å². The second kappa shape index (κ2) is 11.5. The van der Waals surface area contributed by atoms with Crippen LogP contribution in [0.3, 0.4) is 0 Å². The molecular weight excluding hydrogens is 667 g/mol. The van der Waals surface area contributed by atoms with Gasteiger partial charge in [0.15, 0.2) is 0 Å². The molecule has 3 aromatic heterocycles. The summed E-state index contributed by atoms with van der Waals surface area (Å²) in [5, 5.41) is 0. The zero-order valence-electron chi connectivity index (χ0n) is 22.8. The molecule has 0 N–H and O–H groups in total. The molecule has 0 bridgehead atoms. The maximum atomic E-state index is 4.83. The molecule has 0 unspecified atom stereocenters. The van der Waals surface area contributed by atoms with Crippen molar-refractivity contribution < 1.29 is 16.5 Å². The summed E-state index contributed by atoms with van der Waals surface area (Å²) < 4.78 is 4.09. The fourth-order valence-electron chi connectivity index (χ4n) is 4.74. The zero-order valence-corrected chi connectivity index (χ0v) is 25.2. The summed E-state index contributed by atoms with van der Waals surface area (Å²) in [7, 11) is 0. The fourth-order valence-corrected chi connectivity index (χ4v) is 12.2. The molecule has 3 nitrogen and oxygen atoms in total. The minimum atomic E-state index is -2.51. The quantitative estimate of drug-likeness (QED) is 0.195. The standard InChI is InChI=1S/3C12H10N.Ir/c3*1-10-7-8-13-12(9-10)11-5-3-2-4-6-11;/h3*2-5,7-9H,1H3;. The van der Waals surface area contributed by atoms with Gasteiger partial charge in [0.25, 0.3) is 0 Å². The van der Waals surface area contributed by atoms with Gasteiger partial charge in [0.2, 0.25) is 0 Å². The molecule has 0 aliphatic rings. The Hall–Kier alpha value is -4.24. The van der Waals surface area contributed by atoms with E-state index < -0.39 is 16.5 Å². The monoisotopic (exact) mass is 697 g/mol. The van der Waals surface area contributed by atoms with Gasteiger partial charge in [-0.15, -0.1) is 0 Å². The van der Waals surface area contributed by atoms with Crippen LogP contribution < -0.4 is 12.2 Å². The van der Waals surface area contributed by atoms with Gasteiger partial charge in [-0.05, 0) is 0 Å². The zero-order chi connectivity index (χ0) is 27.5. The summed E-state index contributed by atoms with van der Waals surface area (Å²) in [6.07, 6.45) is 5.74. The first-order valence-corrected chi connectivity index (χ1v) is 16.9. The summed E-state index contributed by atoms with van der Waals surface area (Å²) in [6.45, 7) is 6.38. The first kappa shape index (κ1) is 26.0. The van der Waals surface area contributed by atoms with Crippen molar-refractivity contribution in [2.75, 3.05) is 0 Å². The van der Waals surface area contributed by atoms with Crippen LogP contribution in [0.25, 0.3) is 33.8 Å². The van der Waals surface area contributed by atoms with Gasteiger partial charge >= 0.3 is 243 Å². The summed E-state index contributed by atoms with van der Waals surface area (Å²) in [4.78, 5) is 14.5. The number of aryl methyl sites for hydroxylation is 3.